The number of urea groups is 1. The minimum atomic E-state index is -4.93. The standard InChI is InChI=1S/C23H21F3N4O4/c1-2-22(14-8-4-3-5-9-14)20(33)29(21(34)28-22)13-19(32)30-16-11-7-6-10-15(16)27-18(31)12-17(30)23(24,25)26/h3-11,17H,2,12-13H2,1H3,(H,27,31)(H,28,34). The monoisotopic (exact) mass is 474 g/mol. The van der Waals surface area contributed by atoms with Gasteiger partial charge in [-0.15, -0.1) is 0 Å². The highest BCUT2D eigenvalue weighted by atomic mass is 19.4. The minimum Gasteiger partial charge on any atom is -0.324 e. The highest BCUT2D eigenvalue weighted by molar-refractivity contribution is 6.12. The summed E-state index contributed by atoms with van der Waals surface area (Å²) in [6, 6.07) is 10.6. The molecule has 0 saturated carbocycles. The van der Waals surface area contributed by atoms with Gasteiger partial charge in [-0.3, -0.25) is 24.2 Å². The van der Waals surface area contributed by atoms with Crippen molar-refractivity contribution < 1.29 is 32.3 Å². The van der Waals surface area contributed by atoms with E-state index in [1.54, 1.807) is 37.3 Å². The van der Waals surface area contributed by atoms with E-state index in [4.69, 9.17) is 0 Å². The number of fused-ring (bicyclic) bond motifs is 1. The number of nitrogens with zero attached hydrogens (tertiary/aromatic N) is 2. The maximum absolute atomic E-state index is 13.9. The number of benzene rings is 2. The molecule has 5 amide bonds. The predicted molar refractivity (Wildman–Crippen MR) is 116 cm³/mol. The fourth-order valence-electron chi connectivity index (χ4n) is 4.34. The smallest absolute Gasteiger partial charge is 0.324 e. The Morgan fingerprint density at radius 1 is 1.06 bits per heavy atom. The van der Waals surface area contributed by atoms with Gasteiger partial charge in [0.15, 0.2) is 0 Å². The Labute approximate surface area is 192 Å². The van der Waals surface area contributed by atoms with E-state index in [0.29, 0.717) is 15.4 Å². The number of para-hydroxylation sites is 2. The molecule has 34 heavy (non-hydrogen) atoms. The number of hydrogen-bond acceptors (Lipinski definition) is 4. The van der Waals surface area contributed by atoms with E-state index >= 15 is 0 Å². The van der Waals surface area contributed by atoms with Crippen LogP contribution >= 0.6 is 0 Å². The summed E-state index contributed by atoms with van der Waals surface area (Å²) in [5, 5.41) is 4.97. The maximum atomic E-state index is 13.9. The number of amides is 5. The largest absolute Gasteiger partial charge is 0.409 e. The van der Waals surface area contributed by atoms with Crippen molar-refractivity contribution in [1.82, 2.24) is 10.2 Å². The summed E-state index contributed by atoms with van der Waals surface area (Å²) in [6.45, 7) is 0.757. The third kappa shape index (κ3) is 3.87. The molecule has 2 atom stereocenters. The number of imide groups is 1. The number of carbonyl (C=O) groups is 4. The molecule has 2 unspecified atom stereocenters. The Bertz CT molecular complexity index is 1150. The van der Waals surface area contributed by atoms with Crippen LogP contribution in [0.25, 0.3) is 0 Å². The van der Waals surface area contributed by atoms with Gasteiger partial charge in [0.2, 0.25) is 11.8 Å². The van der Waals surface area contributed by atoms with Gasteiger partial charge < -0.3 is 10.6 Å². The quantitative estimate of drug-likeness (QED) is 0.666. The molecule has 0 aliphatic carbocycles. The topological polar surface area (TPSA) is 98.8 Å². The molecule has 0 spiro atoms. The van der Waals surface area contributed by atoms with Gasteiger partial charge in [0.1, 0.15) is 18.1 Å². The maximum Gasteiger partial charge on any atom is 0.409 e. The molecule has 0 radical (unpaired) electrons. The average molecular weight is 474 g/mol. The van der Waals surface area contributed by atoms with Gasteiger partial charge in [0.25, 0.3) is 5.91 Å². The lowest BCUT2D eigenvalue weighted by Crippen LogP contribution is -2.53. The molecule has 0 bridgehead atoms. The highest BCUT2D eigenvalue weighted by Crippen LogP contribution is 2.38. The van der Waals surface area contributed by atoms with Crippen LogP contribution in [0.1, 0.15) is 25.3 Å². The Hall–Kier alpha value is -3.89. The third-order valence-electron chi connectivity index (χ3n) is 6.04. The number of alkyl halides is 3. The lowest BCUT2D eigenvalue weighted by molar-refractivity contribution is -0.158. The SMILES string of the molecule is CCC1(c2ccccc2)NC(=O)N(CC(=O)N2c3ccccc3NC(=O)CC2C(F)(F)F)C1=O. The number of carbonyl (C=O) groups excluding carboxylic acids is 4. The van der Waals surface area contributed by atoms with E-state index in [1.807, 2.05) is 0 Å². The number of hydrogen-bond donors (Lipinski definition) is 2. The number of halogens is 3. The van der Waals surface area contributed by atoms with E-state index in [9.17, 15) is 32.3 Å². The van der Waals surface area contributed by atoms with E-state index in [1.165, 1.54) is 24.3 Å². The van der Waals surface area contributed by atoms with Crippen molar-refractivity contribution in [3.8, 4) is 0 Å². The fraction of sp³-hybridized carbons (Fsp3) is 0.304. The van der Waals surface area contributed by atoms with Gasteiger partial charge in [0.05, 0.1) is 17.8 Å². The summed E-state index contributed by atoms with van der Waals surface area (Å²) >= 11 is 0. The second kappa shape index (κ2) is 8.47. The van der Waals surface area contributed by atoms with Crippen molar-refractivity contribution in [1.29, 1.82) is 0 Å². The third-order valence-corrected chi connectivity index (χ3v) is 6.04. The Morgan fingerprint density at radius 2 is 1.71 bits per heavy atom. The van der Waals surface area contributed by atoms with Crippen molar-refractivity contribution >= 4 is 35.1 Å². The molecule has 178 valence electrons. The van der Waals surface area contributed by atoms with E-state index in [-0.39, 0.29) is 17.8 Å². The zero-order valence-corrected chi connectivity index (χ0v) is 18.1. The van der Waals surface area contributed by atoms with Crippen LogP contribution < -0.4 is 15.5 Å². The number of anilines is 2. The van der Waals surface area contributed by atoms with Gasteiger partial charge in [-0.05, 0) is 24.1 Å². The molecule has 8 nitrogen and oxygen atoms in total. The summed E-state index contributed by atoms with van der Waals surface area (Å²) < 4.78 is 41.8. The molecule has 2 aromatic rings. The molecule has 2 aliphatic heterocycles. The average Bonchev–Trinajstić information content (AvgIpc) is 2.94. The molecule has 1 fully saturated rings. The van der Waals surface area contributed by atoms with E-state index in [2.05, 4.69) is 10.6 Å². The Kier molecular flexibility index (Phi) is 5.80. The summed E-state index contributed by atoms with van der Waals surface area (Å²) in [6.07, 6.45) is -5.78. The van der Waals surface area contributed by atoms with Crippen LogP contribution in [0.15, 0.2) is 54.6 Å². The lowest BCUT2D eigenvalue weighted by atomic mass is 9.87. The van der Waals surface area contributed by atoms with Crippen LogP contribution in [0.3, 0.4) is 0 Å². The van der Waals surface area contributed by atoms with Gasteiger partial charge in [-0.2, -0.15) is 13.2 Å². The Morgan fingerprint density at radius 3 is 2.35 bits per heavy atom. The highest BCUT2D eigenvalue weighted by Gasteiger charge is 2.54. The molecule has 11 heteroatoms. The zero-order chi connectivity index (χ0) is 24.7. The first kappa shape index (κ1) is 23.3. The summed E-state index contributed by atoms with van der Waals surface area (Å²) in [5.74, 6) is -2.79. The zero-order valence-electron chi connectivity index (χ0n) is 18.1. The summed E-state index contributed by atoms with van der Waals surface area (Å²) in [7, 11) is 0. The van der Waals surface area contributed by atoms with Crippen molar-refractivity contribution in [2.75, 3.05) is 16.8 Å². The van der Waals surface area contributed by atoms with Gasteiger partial charge in [0, 0.05) is 0 Å². The first-order chi connectivity index (χ1) is 16.1. The molecule has 2 N–H and O–H groups in total. The van der Waals surface area contributed by atoms with Crippen LogP contribution in [-0.4, -0.2) is 47.4 Å². The fourth-order valence-corrected chi connectivity index (χ4v) is 4.34. The second-order valence-electron chi connectivity index (χ2n) is 8.04. The van der Waals surface area contributed by atoms with Gasteiger partial charge >= 0.3 is 12.2 Å². The van der Waals surface area contributed by atoms with E-state index < -0.39 is 54.5 Å². The summed E-state index contributed by atoms with van der Waals surface area (Å²) in [5.41, 5.74) is -1.08. The molecule has 4 rings (SSSR count). The van der Waals surface area contributed by atoms with E-state index in [0.717, 1.165) is 0 Å². The lowest BCUT2D eigenvalue weighted by Gasteiger charge is -2.32. The molecule has 0 aromatic heterocycles. The van der Waals surface area contributed by atoms with Crippen LogP contribution in [0.4, 0.5) is 29.3 Å². The predicted octanol–water partition coefficient (Wildman–Crippen LogP) is 3.15. The van der Waals surface area contributed by atoms with Crippen LogP contribution in [0.2, 0.25) is 0 Å². The second-order valence-corrected chi connectivity index (χ2v) is 8.04. The van der Waals surface area contributed by atoms with Crippen molar-refractivity contribution in [2.45, 2.75) is 37.5 Å². The van der Waals surface area contributed by atoms with Gasteiger partial charge in [-0.1, -0.05) is 49.4 Å². The number of rotatable bonds is 4. The van der Waals surface area contributed by atoms with Crippen molar-refractivity contribution in [2.24, 2.45) is 0 Å². The Balaban J connectivity index is 1.70. The van der Waals surface area contributed by atoms with Crippen molar-refractivity contribution in [3.63, 3.8) is 0 Å². The molecular formula is C23H21F3N4O4. The normalized spacial score (nSPS) is 22.7. The van der Waals surface area contributed by atoms with Crippen LogP contribution in [-0.2, 0) is 19.9 Å². The molecule has 2 heterocycles. The first-order valence-corrected chi connectivity index (χ1v) is 10.6. The van der Waals surface area contributed by atoms with Crippen LogP contribution in [0.5, 0.6) is 0 Å². The van der Waals surface area contributed by atoms with Gasteiger partial charge in [-0.25, -0.2) is 4.79 Å². The van der Waals surface area contributed by atoms with Crippen LogP contribution in [0, 0.1) is 0 Å². The molecular weight excluding hydrogens is 453 g/mol. The number of nitrogens with one attached hydrogen (secondary N) is 2. The van der Waals surface area contributed by atoms with Crippen molar-refractivity contribution in [3.05, 3.63) is 60.2 Å². The molecule has 1 saturated heterocycles. The molecule has 2 aromatic carbocycles. The minimum absolute atomic E-state index is 0.0250. The molecule has 2 aliphatic rings. The first-order valence-electron chi connectivity index (χ1n) is 10.6. The summed E-state index contributed by atoms with van der Waals surface area (Å²) in [4.78, 5) is 52.5.